The molecule has 34 heavy (non-hydrogen) atoms. The van der Waals surface area contributed by atoms with Crippen molar-refractivity contribution < 1.29 is 9.53 Å². The van der Waals surface area contributed by atoms with E-state index in [1.807, 2.05) is 41.0 Å². The van der Waals surface area contributed by atoms with Gasteiger partial charge in [0.05, 0.1) is 29.5 Å². The number of aromatic nitrogens is 6. The first-order chi connectivity index (χ1) is 16.7. The molecule has 170 valence electrons. The largest absolute Gasteiger partial charge is 0.462 e. The van der Waals surface area contributed by atoms with Crippen LogP contribution in [0, 0.1) is 0 Å². The van der Waals surface area contributed by atoms with Gasteiger partial charge in [0, 0.05) is 12.1 Å². The number of carbonyl (C=O) groups excluding carboxylic acids is 1. The Labute approximate surface area is 196 Å². The summed E-state index contributed by atoms with van der Waals surface area (Å²) >= 11 is 0. The van der Waals surface area contributed by atoms with E-state index < -0.39 is 0 Å². The van der Waals surface area contributed by atoms with Gasteiger partial charge in [-0.25, -0.2) is 9.78 Å². The summed E-state index contributed by atoms with van der Waals surface area (Å²) in [5.74, 6) is 0.247. The number of esters is 1. The number of rotatable bonds is 8. The van der Waals surface area contributed by atoms with Crippen LogP contribution in [0.1, 0.15) is 35.7 Å². The van der Waals surface area contributed by atoms with Gasteiger partial charge < -0.3 is 9.30 Å². The van der Waals surface area contributed by atoms with Crippen LogP contribution in [-0.4, -0.2) is 42.8 Å². The van der Waals surface area contributed by atoms with Crippen molar-refractivity contribution in [1.82, 2.24) is 30.2 Å². The highest BCUT2D eigenvalue weighted by Gasteiger charge is 2.16. The Balaban J connectivity index is 1.41. The lowest BCUT2D eigenvalue weighted by Gasteiger charge is -2.11. The van der Waals surface area contributed by atoms with Crippen molar-refractivity contribution in [2.24, 2.45) is 0 Å². The van der Waals surface area contributed by atoms with Crippen LogP contribution in [0.5, 0.6) is 0 Å². The highest BCUT2D eigenvalue weighted by Crippen LogP contribution is 2.30. The van der Waals surface area contributed by atoms with Crippen molar-refractivity contribution in [1.29, 1.82) is 0 Å². The first-order valence-corrected chi connectivity index (χ1v) is 11.3. The molecule has 0 saturated heterocycles. The number of imidazole rings is 1. The van der Waals surface area contributed by atoms with Gasteiger partial charge in [-0.15, -0.1) is 10.2 Å². The maximum Gasteiger partial charge on any atom is 0.340 e. The lowest BCUT2D eigenvalue weighted by Crippen LogP contribution is -2.09. The first-order valence-electron chi connectivity index (χ1n) is 11.3. The van der Waals surface area contributed by atoms with E-state index >= 15 is 0 Å². The van der Waals surface area contributed by atoms with Crippen molar-refractivity contribution in [2.75, 3.05) is 6.61 Å². The molecule has 8 heteroatoms. The second kappa shape index (κ2) is 9.66. The summed E-state index contributed by atoms with van der Waals surface area (Å²) in [4.78, 5) is 17.2. The van der Waals surface area contributed by atoms with Gasteiger partial charge in [-0.3, -0.25) is 0 Å². The number of nitrogens with one attached hydrogen (secondary N) is 1. The SMILES string of the molecule is CCCCOC(=O)c1cccc2ncn(Cc3ccc(-c4ccccc4-c4nn[nH]n4)cc3)c12. The maximum absolute atomic E-state index is 12.7. The summed E-state index contributed by atoms with van der Waals surface area (Å²) in [6, 6.07) is 21.8. The smallest absolute Gasteiger partial charge is 0.340 e. The molecule has 2 aromatic heterocycles. The Bertz CT molecular complexity index is 1410. The number of benzene rings is 3. The van der Waals surface area contributed by atoms with Crippen LogP contribution < -0.4 is 0 Å². The molecule has 0 aliphatic rings. The summed E-state index contributed by atoms with van der Waals surface area (Å²) in [5, 5.41) is 14.4. The monoisotopic (exact) mass is 452 g/mol. The van der Waals surface area contributed by atoms with E-state index in [1.54, 1.807) is 12.4 Å². The standard InChI is InChI=1S/C26H24N6O2/c1-2-3-15-34-26(33)22-9-6-10-23-24(22)32(17-27-23)16-18-11-13-19(14-12-18)20-7-4-5-8-21(20)25-28-30-31-29-25/h4-14,17H,2-3,15-16H2,1H3,(H,28,29,30,31). The molecule has 2 heterocycles. The minimum Gasteiger partial charge on any atom is -0.462 e. The predicted molar refractivity (Wildman–Crippen MR) is 129 cm³/mol. The van der Waals surface area contributed by atoms with E-state index in [1.165, 1.54) is 0 Å². The molecule has 0 aliphatic carbocycles. The third-order valence-corrected chi connectivity index (χ3v) is 5.72. The zero-order valence-electron chi connectivity index (χ0n) is 18.8. The second-order valence-electron chi connectivity index (χ2n) is 8.01. The van der Waals surface area contributed by atoms with Crippen molar-refractivity contribution in [3.8, 4) is 22.5 Å². The van der Waals surface area contributed by atoms with E-state index in [2.05, 4.69) is 56.8 Å². The van der Waals surface area contributed by atoms with Crippen LogP contribution in [0.4, 0.5) is 0 Å². The number of para-hydroxylation sites is 1. The van der Waals surface area contributed by atoms with E-state index in [9.17, 15) is 4.79 Å². The number of hydrogen-bond acceptors (Lipinski definition) is 6. The molecule has 3 aromatic carbocycles. The summed E-state index contributed by atoms with van der Waals surface area (Å²) < 4.78 is 7.45. The van der Waals surface area contributed by atoms with Crippen LogP contribution in [0.25, 0.3) is 33.5 Å². The van der Waals surface area contributed by atoms with Crippen molar-refractivity contribution in [3.63, 3.8) is 0 Å². The summed E-state index contributed by atoms with van der Waals surface area (Å²) in [7, 11) is 0. The highest BCUT2D eigenvalue weighted by molar-refractivity contribution is 6.02. The minimum absolute atomic E-state index is 0.311. The minimum atomic E-state index is -0.311. The summed E-state index contributed by atoms with van der Waals surface area (Å²) in [6.45, 7) is 3.08. The normalized spacial score (nSPS) is 11.1. The first kappa shape index (κ1) is 21.5. The molecule has 0 radical (unpaired) electrons. The number of tetrazole rings is 1. The predicted octanol–water partition coefficient (Wildman–Crippen LogP) is 4.89. The number of unbranched alkanes of at least 4 members (excludes halogenated alkanes) is 1. The molecular formula is C26H24N6O2. The van der Waals surface area contributed by atoms with Gasteiger partial charge >= 0.3 is 5.97 Å². The Morgan fingerprint density at radius 3 is 2.59 bits per heavy atom. The van der Waals surface area contributed by atoms with Gasteiger partial charge in [0.1, 0.15) is 0 Å². The van der Waals surface area contributed by atoms with Crippen LogP contribution in [-0.2, 0) is 11.3 Å². The molecule has 5 rings (SSSR count). The topological polar surface area (TPSA) is 98.6 Å². The molecule has 0 bridgehead atoms. The van der Waals surface area contributed by atoms with Gasteiger partial charge in [0.25, 0.3) is 0 Å². The molecule has 0 spiro atoms. The third kappa shape index (κ3) is 4.30. The van der Waals surface area contributed by atoms with E-state index in [0.29, 0.717) is 24.5 Å². The number of carbonyl (C=O) groups is 1. The maximum atomic E-state index is 12.7. The van der Waals surface area contributed by atoms with Crippen molar-refractivity contribution in [2.45, 2.75) is 26.3 Å². The molecule has 0 fully saturated rings. The summed E-state index contributed by atoms with van der Waals surface area (Å²) in [6.07, 6.45) is 3.60. The molecule has 0 saturated carbocycles. The molecule has 5 aromatic rings. The van der Waals surface area contributed by atoms with E-state index in [4.69, 9.17) is 4.74 Å². The number of fused-ring (bicyclic) bond motifs is 1. The number of ether oxygens (including phenoxy) is 1. The Hall–Kier alpha value is -4.33. The van der Waals surface area contributed by atoms with Crippen molar-refractivity contribution >= 4 is 17.0 Å². The van der Waals surface area contributed by atoms with Crippen LogP contribution >= 0.6 is 0 Å². The number of hydrogen-bond donors (Lipinski definition) is 1. The average Bonchev–Trinajstić information content (AvgIpc) is 3.55. The molecule has 0 atom stereocenters. The number of H-pyrrole nitrogens is 1. The number of nitrogens with zero attached hydrogens (tertiary/aromatic N) is 5. The molecule has 8 nitrogen and oxygen atoms in total. The fraction of sp³-hybridized carbons (Fsp3) is 0.192. The van der Waals surface area contributed by atoms with Gasteiger partial charge in [-0.2, -0.15) is 5.21 Å². The fourth-order valence-electron chi connectivity index (χ4n) is 3.99. The van der Waals surface area contributed by atoms with E-state index in [0.717, 1.165) is 46.1 Å². The lowest BCUT2D eigenvalue weighted by atomic mass is 9.98. The van der Waals surface area contributed by atoms with Crippen molar-refractivity contribution in [3.05, 3.63) is 84.2 Å². The van der Waals surface area contributed by atoms with Gasteiger partial charge in [0.2, 0.25) is 5.82 Å². The third-order valence-electron chi connectivity index (χ3n) is 5.72. The van der Waals surface area contributed by atoms with Crippen LogP contribution in [0.3, 0.4) is 0 Å². The fourth-order valence-corrected chi connectivity index (χ4v) is 3.99. The van der Waals surface area contributed by atoms with Crippen LogP contribution in [0.2, 0.25) is 0 Å². The second-order valence-corrected chi connectivity index (χ2v) is 8.01. The zero-order chi connectivity index (χ0) is 23.3. The molecule has 0 aliphatic heterocycles. The van der Waals surface area contributed by atoms with Crippen LogP contribution in [0.15, 0.2) is 73.1 Å². The highest BCUT2D eigenvalue weighted by atomic mass is 16.5. The number of aromatic amines is 1. The molecule has 0 unspecified atom stereocenters. The Morgan fingerprint density at radius 2 is 1.82 bits per heavy atom. The van der Waals surface area contributed by atoms with E-state index in [-0.39, 0.29) is 5.97 Å². The summed E-state index contributed by atoms with van der Waals surface area (Å²) in [5.41, 5.74) is 6.19. The molecule has 0 amide bonds. The molecular weight excluding hydrogens is 428 g/mol. The van der Waals surface area contributed by atoms with Gasteiger partial charge in [-0.05, 0) is 40.5 Å². The Morgan fingerprint density at radius 1 is 1.00 bits per heavy atom. The quantitative estimate of drug-likeness (QED) is 0.266. The molecule has 1 N–H and O–H groups in total. The van der Waals surface area contributed by atoms with Gasteiger partial charge in [0.15, 0.2) is 0 Å². The zero-order valence-corrected chi connectivity index (χ0v) is 18.8. The lowest BCUT2D eigenvalue weighted by molar-refractivity contribution is 0.0501. The Kier molecular flexibility index (Phi) is 6.11. The average molecular weight is 453 g/mol. The van der Waals surface area contributed by atoms with Gasteiger partial charge in [-0.1, -0.05) is 67.9 Å².